The fourth-order valence-electron chi connectivity index (χ4n) is 3.56. The van der Waals surface area contributed by atoms with Crippen LogP contribution in [0.15, 0.2) is 24.3 Å². The van der Waals surface area contributed by atoms with Crippen LogP contribution in [0, 0.1) is 11.8 Å². The number of rotatable bonds is 15. The van der Waals surface area contributed by atoms with Gasteiger partial charge in [-0.05, 0) is 31.6 Å². The molecule has 194 valence electrons. The molecule has 1 aliphatic carbocycles. The Morgan fingerprint density at radius 1 is 1.06 bits per heavy atom. The first-order valence-corrected chi connectivity index (χ1v) is 11.8. The summed E-state index contributed by atoms with van der Waals surface area (Å²) in [6, 6.07) is 0. The number of aliphatic carboxylic acids is 1. The van der Waals surface area contributed by atoms with Gasteiger partial charge < -0.3 is 41.5 Å². The van der Waals surface area contributed by atoms with Gasteiger partial charge in [-0.1, -0.05) is 50.5 Å². The highest BCUT2D eigenvalue weighted by atomic mass is 16.4. The molecule has 0 aromatic heterocycles. The van der Waals surface area contributed by atoms with E-state index in [1.165, 1.54) is 0 Å². The highest BCUT2D eigenvalue weighted by molar-refractivity contribution is 5.66. The summed E-state index contributed by atoms with van der Waals surface area (Å²) >= 11 is 0. The SMILES string of the molecule is CCCCC[C@H](O)/C=C/[C@@H]1[C@@H](C/C=C/CCCC(=O)O)[C@@H](O)C[C@H]1O.NC(CO)(CO)CO. The Labute approximate surface area is 197 Å². The number of carboxylic acids is 1. The lowest BCUT2D eigenvalue weighted by molar-refractivity contribution is -0.137. The monoisotopic (exact) mass is 475 g/mol. The van der Waals surface area contributed by atoms with E-state index < -0.39 is 49.6 Å². The minimum absolute atomic E-state index is 0.0650. The Morgan fingerprint density at radius 3 is 2.21 bits per heavy atom. The normalized spacial score (nSPS) is 24.2. The van der Waals surface area contributed by atoms with Gasteiger partial charge >= 0.3 is 5.97 Å². The second-order valence-corrected chi connectivity index (χ2v) is 8.89. The van der Waals surface area contributed by atoms with Crippen LogP contribution < -0.4 is 5.73 Å². The number of hydrogen-bond donors (Lipinski definition) is 8. The topological polar surface area (TPSA) is 185 Å². The van der Waals surface area contributed by atoms with Crippen molar-refractivity contribution in [2.45, 2.75) is 88.6 Å². The Hall–Kier alpha value is -1.33. The predicted molar refractivity (Wildman–Crippen MR) is 126 cm³/mol. The fraction of sp³-hybridized carbons (Fsp3) is 0.792. The molecule has 1 rings (SSSR count). The van der Waals surface area contributed by atoms with Crippen LogP contribution in [0.25, 0.3) is 0 Å². The zero-order chi connectivity index (χ0) is 25.3. The maximum Gasteiger partial charge on any atom is 0.303 e. The smallest absolute Gasteiger partial charge is 0.303 e. The van der Waals surface area contributed by atoms with E-state index in [2.05, 4.69) is 6.92 Å². The zero-order valence-electron chi connectivity index (χ0n) is 19.8. The first-order valence-electron chi connectivity index (χ1n) is 11.8. The molecule has 9 N–H and O–H groups in total. The number of allylic oxidation sites excluding steroid dienone is 2. The Kier molecular flexibility index (Phi) is 17.3. The van der Waals surface area contributed by atoms with E-state index in [-0.39, 0.29) is 18.3 Å². The Morgan fingerprint density at radius 2 is 1.70 bits per heavy atom. The summed E-state index contributed by atoms with van der Waals surface area (Å²) in [7, 11) is 0. The lowest BCUT2D eigenvalue weighted by Crippen LogP contribution is -2.50. The van der Waals surface area contributed by atoms with Crippen molar-refractivity contribution in [2.75, 3.05) is 19.8 Å². The van der Waals surface area contributed by atoms with Crippen molar-refractivity contribution in [3.05, 3.63) is 24.3 Å². The molecule has 9 heteroatoms. The van der Waals surface area contributed by atoms with Gasteiger partial charge in [0.15, 0.2) is 0 Å². The molecule has 33 heavy (non-hydrogen) atoms. The number of nitrogens with two attached hydrogens (primary N) is 1. The average Bonchev–Trinajstić information content (AvgIpc) is 3.06. The van der Waals surface area contributed by atoms with Gasteiger partial charge in [-0.15, -0.1) is 0 Å². The van der Waals surface area contributed by atoms with Crippen LogP contribution >= 0.6 is 0 Å². The van der Waals surface area contributed by atoms with Crippen LogP contribution in [0.3, 0.4) is 0 Å². The number of carbonyl (C=O) groups is 1. The van der Waals surface area contributed by atoms with Crippen LogP contribution in [0.4, 0.5) is 0 Å². The average molecular weight is 476 g/mol. The van der Waals surface area contributed by atoms with Crippen molar-refractivity contribution in [1.82, 2.24) is 0 Å². The van der Waals surface area contributed by atoms with E-state index in [4.69, 9.17) is 26.2 Å². The molecule has 0 aromatic carbocycles. The molecule has 0 aliphatic heterocycles. The maximum absolute atomic E-state index is 10.5. The van der Waals surface area contributed by atoms with E-state index in [1.807, 2.05) is 18.2 Å². The number of unbranched alkanes of at least 4 members (excludes halogenated alkanes) is 3. The van der Waals surface area contributed by atoms with Gasteiger partial charge in [0.25, 0.3) is 0 Å². The van der Waals surface area contributed by atoms with Crippen molar-refractivity contribution in [3.8, 4) is 0 Å². The summed E-state index contributed by atoms with van der Waals surface area (Å²) in [6.45, 7) is 0.915. The third-order valence-electron chi connectivity index (χ3n) is 5.86. The molecular weight excluding hydrogens is 430 g/mol. The summed E-state index contributed by atoms with van der Waals surface area (Å²) in [6.07, 6.45) is 12.3. The summed E-state index contributed by atoms with van der Waals surface area (Å²) in [4.78, 5) is 10.5. The van der Waals surface area contributed by atoms with Crippen LogP contribution in [0.5, 0.6) is 0 Å². The second-order valence-electron chi connectivity index (χ2n) is 8.89. The van der Waals surface area contributed by atoms with Crippen LogP contribution in [0.1, 0.15) is 64.7 Å². The first-order chi connectivity index (χ1) is 15.6. The van der Waals surface area contributed by atoms with Gasteiger partial charge in [0, 0.05) is 18.8 Å². The summed E-state index contributed by atoms with van der Waals surface area (Å²) in [5.74, 6) is -1.00. The Bertz CT molecular complexity index is 556. The second kappa shape index (κ2) is 18.1. The van der Waals surface area contributed by atoms with Gasteiger partial charge in [0.1, 0.15) is 0 Å². The molecule has 0 unspecified atom stereocenters. The molecule has 1 saturated carbocycles. The van der Waals surface area contributed by atoms with Gasteiger partial charge in [0.2, 0.25) is 0 Å². The fourth-order valence-corrected chi connectivity index (χ4v) is 3.56. The molecule has 5 atom stereocenters. The molecule has 0 bridgehead atoms. The highest BCUT2D eigenvalue weighted by Gasteiger charge is 2.39. The van der Waals surface area contributed by atoms with Crippen molar-refractivity contribution >= 4 is 5.97 Å². The largest absolute Gasteiger partial charge is 0.481 e. The number of aliphatic hydroxyl groups is 6. The van der Waals surface area contributed by atoms with Gasteiger partial charge in [-0.2, -0.15) is 0 Å². The van der Waals surface area contributed by atoms with Gasteiger partial charge in [-0.25, -0.2) is 0 Å². The zero-order valence-corrected chi connectivity index (χ0v) is 19.8. The van der Waals surface area contributed by atoms with E-state index >= 15 is 0 Å². The molecule has 0 radical (unpaired) electrons. The first kappa shape index (κ1) is 31.7. The molecule has 1 aliphatic rings. The summed E-state index contributed by atoms with van der Waals surface area (Å²) in [5.41, 5.74) is 3.94. The standard InChI is InChI=1S/C20H34O5.C4H11NO3/c1-2-3-6-9-15(21)12-13-17-16(18(22)14-19(17)23)10-7-4-5-8-11-20(24)25;5-4(1-6,2-7)3-8/h4,7,12-13,15-19,21-23H,2-3,5-6,8-11,14H2,1H3,(H,24,25);6-8H,1-3,5H2/b7-4+,13-12+;/t15-,16+,17+,18-,19+;/m0./s1. The van der Waals surface area contributed by atoms with E-state index in [0.717, 1.165) is 25.7 Å². The predicted octanol–water partition coefficient (Wildman–Crippen LogP) is 0.704. The van der Waals surface area contributed by atoms with Crippen LogP contribution in [0.2, 0.25) is 0 Å². The minimum atomic E-state index is -1.21. The van der Waals surface area contributed by atoms with Crippen LogP contribution in [-0.2, 0) is 4.79 Å². The maximum atomic E-state index is 10.5. The van der Waals surface area contributed by atoms with Gasteiger partial charge in [-0.3, -0.25) is 4.79 Å². The molecule has 0 saturated heterocycles. The van der Waals surface area contributed by atoms with Crippen molar-refractivity contribution in [2.24, 2.45) is 17.6 Å². The van der Waals surface area contributed by atoms with E-state index in [1.54, 1.807) is 6.08 Å². The van der Waals surface area contributed by atoms with Gasteiger partial charge in [0.05, 0.1) is 43.7 Å². The van der Waals surface area contributed by atoms with E-state index in [0.29, 0.717) is 25.7 Å². The lowest BCUT2D eigenvalue weighted by Gasteiger charge is -2.20. The molecule has 9 nitrogen and oxygen atoms in total. The van der Waals surface area contributed by atoms with Crippen molar-refractivity contribution in [3.63, 3.8) is 0 Å². The number of hydrogen-bond acceptors (Lipinski definition) is 8. The summed E-state index contributed by atoms with van der Waals surface area (Å²) < 4.78 is 0. The highest BCUT2D eigenvalue weighted by Crippen LogP contribution is 2.36. The quantitative estimate of drug-likeness (QED) is 0.125. The van der Waals surface area contributed by atoms with Crippen molar-refractivity contribution in [1.29, 1.82) is 0 Å². The lowest BCUT2D eigenvalue weighted by atomic mass is 9.89. The van der Waals surface area contributed by atoms with E-state index in [9.17, 15) is 20.1 Å². The minimum Gasteiger partial charge on any atom is -0.481 e. The summed E-state index contributed by atoms with van der Waals surface area (Å²) in [5, 5.41) is 64.0. The molecule has 0 heterocycles. The molecule has 0 aromatic rings. The molecule has 0 amide bonds. The Balaban J connectivity index is 0.00000109. The third-order valence-corrected chi connectivity index (χ3v) is 5.86. The number of aliphatic hydroxyl groups excluding tert-OH is 6. The number of carboxylic acid groups (broad SMARTS) is 1. The van der Waals surface area contributed by atoms with Crippen LogP contribution in [-0.4, -0.2) is 85.4 Å². The third kappa shape index (κ3) is 13.8. The molecule has 1 fully saturated rings. The molecule has 0 spiro atoms. The molecular formula is C24H45NO8. The van der Waals surface area contributed by atoms with Crippen molar-refractivity contribution < 1.29 is 40.5 Å².